The molecule has 1 fully saturated rings. The van der Waals surface area contributed by atoms with E-state index in [4.69, 9.17) is 0 Å². The lowest BCUT2D eigenvalue weighted by Crippen LogP contribution is -2.59. The Morgan fingerprint density at radius 1 is 0.636 bits per heavy atom. The number of alkyl halides is 9. The lowest BCUT2D eigenvalue weighted by Gasteiger charge is -2.36. The number of allylic oxidation sites excluding steroid dienone is 5. The van der Waals surface area contributed by atoms with Crippen molar-refractivity contribution in [2.75, 3.05) is 0 Å². The second-order valence-electron chi connectivity index (χ2n) is 6.53. The molecule has 4 nitrogen and oxygen atoms in total. The van der Waals surface area contributed by atoms with Crippen LogP contribution in [0.2, 0.25) is 0 Å². The van der Waals surface area contributed by atoms with E-state index in [9.17, 15) is 73.9 Å². The Balaban J connectivity index is 3.03. The third-order valence-electron chi connectivity index (χ3n) is 4.54. The van der Waals surface area contributed by atoms with Crippen LogP contribution in [-0.2, 0) is 19.7 Å². The highest BCUT2D eigenvalue weighted by Gasteiger charge is 2.64. The van der Waals surface area contributed by atoms with Gasteiger partial charge in [-0.05, 0) is 0 Å². The zero-order valence-corrected chi connectivity index (χ0v) is 16.5. The molecule has 0 bridgehead atoms. The molecule has 2 aliphatic rings. The van der Waals surface area contributed by atoms with Crippen LogP contribution < -0.4 is 0 Å². The van der Waals surface area contributed by atoms with Crippen molar-refractivity contribution in [2.45, 2.75) is 47.8 Å². The summed E-state index contributed by atoms with van der Waals surface area (Å²) in [6, 6.07) is 0. The van der Waals surface area contributed by atoms with E-state index < -0.39 is 101 Å². The fraction of sp³-hybridized carbons (Fsp3) is 0.571. The summed E-state index contributed by atoms with van der Waals surface area (Å²) in [6.45, 7) is 0. The highest BCUT2D eigenvalue weighted by molar-refractivity contribution is 8.15. The molecule has 190 valence electrons. The minimum atomic E-state index is -7.74. The van der Waals surface area contributed by atoms with Crippen molar-refractivity contribution in [3.63, 3.8) is 0 Å². The van der Waals surface area contributed by atoms with Crippen molar-refractivity contribution in [2.24, 2.45) is 0 Å². The van der Waals surface area contributed by atoms with Gasteiger partial charge in [0.05, 0.1) is 5.57 Å². The monoisotopic (exact) mass is 550 g/mol. The quantitative estimate of drug-likeness (QED) is 0.493. The molecule has 0 aromatic heterocycles. The SMILES string of the molecule is O=S(=O)(/C(=C1/C(F)=C(F)C(F)=C(F)C1F)S(=O)(=O)C(F)(F)F)C1C(F)C(F)C(F)C(F)C1F. The van der Waals surface area contributed by atoms with E-state index >= 15 is 0 Å². The van der Waals surface area contributed by atoms with Gasteiger partial charge in [0.2, 0.25) is 0 Å². The lowest BCUT2D eigenvalue weighted by atomic mass is 9.91. The van der Waals surface area contributed by atoms with E-state index in [1.54, 1.807) is 0 Å². The molecule has 0 saturated heterocycles. The Kier molecular flexibility index (Phi) is 7.04. The third kappa shape index (κ3) is 4.03. The van der Waals surface area contributed by atoms with E-state index in [-0.39, 0.29) is 0 Å². The van der Waals surface area contributed by atoms with Gasteiger partial charge >= 0.3 is 5.51 Å². The van der Waals surface area contributed by atoms with Crippen LogP contribution in [0.1, 0.15) is 0 Å². The second-order valence-corrected chi connectivity index (χ2v) is 10.7. The molecule has 0 heterocycles. The molecule has 0 amide bonds. The summed E-state index contributed by atoms with van der Waals surface area (Å²) in [6.07, 6.45) is -24.4. The minimum absolute atomic E-state index is 3.07. The maximum Gasteiger partial charge on any atom is 0.502 e. The first-order chi connectivity index (χ1) is 14.7. The van der Waals surface area contributed by atoms with Crippen LogP contribution in [-0.4, -0.2) is 64.6 Å². The van der Waals surface area contributed by atoms with E-state index in [1.807, 2.05) is 0 Å². The Bertz CT molecular complexity index is 1120. The molecule has 33 heavy (non-hydrogen) atoms. The van der Waals surface area contributed by atoms with Crippen molar-refractivity contribution >= 4 is 19.7 Å². The smallest absolute Gasteiger partial charge is 0.243 e. The largest absolute Gasteiger partial charge is 0.502 e. The number of rotatable bonds is 3. The Morgan fingerprint density at radius 3 is 1.42 bits per heavy atom. The fourth-order valence-corrected chi connectivity index (χ4v) is 7.21. The minimum Gasteiger partial charge on any atom is -0.243 e. The zero-order valence-electron chi connectivity index (χ0n) is 14.9. The van der Waals surface area contributed by atoms with Gasteiger partial charge in [-0.25, -0.2) is 60.7 Å². The van der Waals surface area contributed by atoms with Crippen molar-refractivity contribution < 1.29 is 73.9 Å². The van der Waals surface area contributed by atoms with Crippen molar-refractivity contribution in [3.8, 4) is 0 Å². The predicted octanol–water partition coefficient (Wildman–Crippen LogP) is 4.27. The Morgan fingerprint density at radius 2 is 1.03 bits per heavy atom. The molecule has 2 aliphatic carbocycles. The van der Waals surface area contributed by atoms with Gasteiger partial charge in [0.25, 0.3) is 9.84 Å². The maximum absolute atomic E-state index is 14.1. The molecular formula is C14H7F13O4S2. The highest BCUT2D eigenvalue weighted by Crippen LogP contribution is 2.48. The first-order valence-electron chi connectivity index (χ1n) is 7.97. The van der Waals surface area contributed by atoms with Crippen LogP contribution in [0.5, 0.6) is 0 Å². The molecule has 5 atom stereocenters. The van der Waals surface area contributed by atoms with Gasteiger partial charge in [-0.1, -0.05) is 0 Å². The van der Waals surface area contributed by atoms with Crippen LogP contribution in [0.25, 0.3) is 0 Å². The molecule has 0 aromatic rings. The predicted molar refractivity (Wildman–Crippen MR) is 82.6 cm³/mol. The summed E-state index contributed by atoms with van der Waals surface area (Å²) in [5.74, 6) is -12.9. The van der Waals surface area contributed by atoms with Gasteiger partial charge in [0, 0.05) is 0 Å². The summed E-state index contributed by atoms with van der Waals surface area (Å²) in [5.41, 5.74) is -10.1. The second kappa shape index (κ2) is 8.46. The van der Waals surface area contributed by atoms with Gasteiger partial charge < -0.3 is 0 Å². The van der Waals surface area contributed by atoms with Gasteiger partial charge in [0.1, 0.15) is 5.25 Å². The Hall–Kier alpha value is -1.79. The van der Waals surface area contributed by atoms with Crippen LogP contribution in [0.4, 0.5) is 57.1 Å². The van der Waals surface area contributed by atoms with Crippen LogP contribution in [0, 0.1) is 0 Å². The van der Waals surface area contributed by atoms with E-state index in [0.29, 0.717) is 0 Å². The van der Waals surface area contributed by atoms with Gasteiger partial charge in [-0.15, -0.1) is 0 Å². The standard InChI is InChI=1S/C14H7F13O4S2/c15-2-1(3(16)5(18)6(19)4(2)17)13(33(30,31)14(25,26)27)32(28,29)12-10(23)8(21)7(20)9(22)11(12)24/h2,7-12H/b13-1-. The lowest BCUT2D eigenvalue weighted by molar-refractivity contribution is -0.0477. The number of halogens is 13. The summed E-state index contributed by atoms with van der Waals surface area (Å²) in [7, 11) is -14.9. The van der Waals surface area contributed by atoms with Gasteiger partial charge in [-0.3, -0.25) is 0 Å². The van der Waals surface area contributed by atoms with E-state index in [2.05, 4.69) is 0 Å². The van der Waals surface area contributed by atoms with Crippen LogP contribution in [0.15, 0.2) is 33.1 Å². The van der Waals surface area contributed by atoms with Crippen LogP contribution >= 0.6 is 0 Å². The third-order valence-corrected chi connectivity index (χ3v) is 9.18. The molecule has 0 radical (unpaired) electrons. The number of hydrogen-bond acceptors (Lipinski definition) is 4. The molecule has 0 aliphatic heterocycles. The van der Waals surface area contributed by atoms with E-state index in [0.717, 1.165) is 0 Å². The zero-order chi connectivity index (χ0) is 26.0. The maximum atomic E-state index is 14.1. The number of sulfone groups is 2. The molecular weight excluding hydrogens is 543 g/mol. The molecule has 0 aromatic carbocycles. The van der Waals surface area contributed by atoms with Gasteiger partial charge in [0.15, 0.2) is 74.4 Å². The van der Waals surface area contributed by atoms with Gasteiger partial charge in [-0.2, -0.15) is 13.2 Å². The van der Waals surface area contributed by atoms with Crippen molar-refractivity contribution in [3.05, 3.63) is 33.1 Å². The molecule has 2 rings (SSSR count). The molecule has 19 heteroatoms. The highest BCUT2D eigenvalue weighted by atomic mass is 32.3. The average molecular weight is 550 g/mol. The number of hydrogen-bond donors (Lipinski definition) is 0. The molecule has 5 unspecified atom stereocenters. The topological polar surface area (TPSA) is 68.3 Å². The van der Waals surface area contributed by atoms with Crippen molar-refractivity contribution in [1.82, 2.24) is 0 Å². The summed E-state index contributed by atoms with van der Waals surface area (Å²) in [5, 5.41) is -4.23. The molecule has 0 spiro atoms. The normalized spacial score (nSPS) is 36.3. The Labute approximate surface area is 175 Å². The van der Waals surface area contributed by atoms with E-state index in [1.165, 1.54) is 0 Å². The average Bonchev–Trinajstić information content (AvgIpc) is 2.69. The summed E-state index contributed by atoms with van der Waals surface area (Å²) >= 11 is 0. The molecule has 0 N–H and O–H groups in total. The first-order valence-corrected chi connectivity index (χ1v) is 11.0. The summed E-state index contributed by atoms with van der Waals surface area (Å²) < 4.78 is 221. The van der Waals surface area contributed by atoms with Crippen LogP contribution in [0.3, 0.4) is 0 Å². The first kappa shape index (κ1) is 27.5. The summed E-state index contributed by atoms with van der Waals surface area (Å²) in [4.78, 5) is 0. The fourth-order valence-electron chi connectivity index (χ4n) is 2.95. The molecule has 1 saturated carbocycles. The van der Waals surface area contributed by atoms with Crippen molar-refractivity contribution in [1.29, 1.82) is 0 Å².